The molecule has 0 aliphatic heterocycles. The quantitative estimate of drug-likeness (QED) is 0.674. The zero-order valence-electron chi connectivity index (χ0n) is 17.0. The van der Waals surface area contributed by atoms with E-state index in [1.807, 2.05) is 12.1 Å². The highest BCUT2D eigenvalue weighted by Gasteiger charge is 2.46. The van der Waals surface area contributed by atoms with Gasteiger partial charge in [-0.25, -0.2) is 9.59 Å². The molecule has 0 bridgehead atoms. The normalized spacial score (nSPS) is 17.4. The minimum absolute atomic E-state index is 0.0164. The molecule has 2 aliphatic rings. The zero-order valence-corrected chi connectivity index (χ0v) is 17.0. The van der Waals surface area contributed by atoms with Crippen LogP contribution in [0.15, 0.2) is 18.2 Å². The number of benzene rings is 1. The minimum Gasteiger partial charge on any atom is -0.464 e. The van der Waals surface area contributed by atoms with E-state index in [-0.39, 0.29) is 12.5 Å². The fraction of sp³-hybridized carbons (Fsp3) is 0.591. The fourth-order valence-corrected chi connectivity index (χ4v) is 3.44. The Bertz CT molecular complexity index is 798. The number of hydrogen-bond acceptors (Lipinski definition) is 5. The Morgan fingerprint density at radius 3 is 2.43 bits per heavy atom. The van der Waals surface area contributed by atoms with Crippen LogP contribution >= 0.6 is 0 Å². The molecule has 1 unspecified atom stereocenters. The molecule has 0 aromatic heterocycles. The predicted octanol–water partition coefficient (Wildman–Crippen LogP) is 4.52. The maximum atomic E-state index is 13.2. The largest absolute Gasteiger partial charge is 0.464 e. The van der Waals surface area contributed by atoms with E-state index >= 15 is 0 Å². The van der Waals surface area contributed by atoms with Crippen molar-refractivity contribution >= 4 is 17.7 Å². The van der Waals surface area contributed by atoms with E-state index < -0.39 is 23.7 Å². The van der Waals surface area contributed by atoms with Gasteiger partial charge in [0.1, 0.15) is 17.7 Å². The third kappa shape index (κ3) is 4.46. The summed E-state index contributed by atoms with van der Waals surface area (Å²) in [6, 6.07) is 6.99. The molecule has 2 saturated carbocycles. The van der Waals surface area contributed by atoms with E-state index in [1.54, 1.807) is 33.8 Å². The van der Waals surface area contributed by atoms with Gasteiger partial charge in [-0.1, -0.05) is 12.1 Å². The lowest BCUT2D eigenvalue weighted by Gasteiger charge is -2.33. The summed E-state index contributed by atoms with van der Waals surface area (Å²) < 4.78 is 10.9. The summed E-state index contributed by atoms with van der Waals surface area (Å²) in [6.45, 7) is 7.33. The monoisotopic (exact) mass is 384 g/mol. The van der Waals surface area contributed by atoms with Crippen LogP contribution in [0.2, 0.25) is 0 Å². The van der Waals surface area contributed by atoms with Gasteiger partial charge in [0.15, 0.2) is 0 Å². The van der Waals surface area contributed by atoms with Gasteiger partial charge in [0, 0.05) is 0 Å². The van der Waals surface area contributed by atoms with Gasteiger partial charge >= 0.3 is 12.1 Å². The predicted molar refractivity (Wildman–Crippen MR) is 105 cm³/mol. The van der Waals surface area contributed by atoms with Crippen molar-refractivity contribution in [3.8, 4) is 6.07 Å². The number of nitriles is 1. The molecule has 2 fully saturated rings. The third-order valence-electron chi connectivity index (χ3n) is 4.93. The highest BCUT2D eigenvalue weighted by molar-refractivity contribution is 5.97. The van der Waals surface area contributed by atoms with Gasteiger partial charge in [0.2, 0.25) is 0 Å². The van der Waals surface area contributed by atoms with Crippen LogP contribution in [0.25, 0.3) is 0 Å². The maximum absolute atomic E-state index is 13.2. The number of esters is 1. The Morgan fingerprint density at radius 1 is 1.25 bits per heavy atom. The first-order chi connectivity index (χ1) is 13.3. The minimum atomic E-state index is -0.781. The van der Waals surface area contributed by atoms with Crippen LogP contribution in [0, 0.1) is 17.2 Å². The van der Waals surface area contributed by atoms with E-state index in [4.69, 9.17) is 9.47 Å². The molecule has 0 spiro atoms. The van der Waals surface area contributed by atoms with Crippen LogP contribution < -0.4 is 4.90 Å². The standard InChI is InChI=1S/C22H28N2O4/c1-5-27-20(25)19(15-11-12-15)24(21(26)28-22(2,3)4)18-8-6-7-16(14-9-10-14)17(18)13-23/h6-8,14-15,19H,5,9-12H2,1-4H3. The van der Waals surface area contributed by atoms with E-state index in [0.29, 0.717) is 17.2 Å². The molecular weight excluding hydrogens is 356 g/mol. The summed E-state index contributed by atoms with van der Waals surface area (Å²) >= 11 is 0. The molecule has 28 heavy (non-hydrogen) atoms. The number of anilines is 1. The summed E-state index contributed by atoms with van der Waals surface area (Å²) in [5, 5.41) is 9.87. The average molecular weight is 384 g/mol. The molecular formula is C22H28N2O4. The highest BCUT2D eigenvalue weighted by Crippen LogP contribution is 2.45. The Morgan fingerprint density at radius 2 is 1.93 bits per heavy atom. The Balaban J connectivity index is 2.08. The van der Waals surface area contributed by atoms with Crippen molar-refractivity contribution in [1.82, 2.24) is 0 Å². The molecule has 1 amide bonds. The lowest BCUT2D eigenvalue weighted by atomic mass is 10.00. The first-order valence-electron chi connectivity index (χ1n) is 9.98. The molecule has 2 aliphatic carbocycles. The summed E-state index contributed by atoms with van der Waals surface area (Å²) in [4.78, 5) is 27.3. The van der Waals surface area contributed by atoms with Crippen molar-refractivity contribution in [3.05, 3.63) is 29.3 Å². The summed E-state index contributed by atoms with van der Waals surface area (Å²) in [5.41, 5.74) is 1.10. The molecule has 6 nitrogen and oxygen atoms in total. The lowest BCUT2D eigenvalue weighted by molar-refractivity contribution is -0.145. The van der Waals surface area contributed by atoms with Crippen LogP contribution in [-0.4, -0.2) is 30.3 Å². The average Bonchev–Trinajstić information content (AvgIpc) is 3.50. The maximum Gasteiger partial charge on any atom is 0.415 e. The molecule has 150 valence electrons. The zero-order chi connectivity index (χ0) is 20.5. The molecule has 1 atom stereocenters. The second kappa shape index (κ2) is 7.83. The second-order valence-electron chi connectivity index (χ2n) is 8.51. The number of nitrogens with zero attached hydrogens (tertiary/aromatic N) is 2. The van der Waals surface area contributed by atoms with Gasteiger partial charge in [-0.15, -0.1) is 0 Å². The molecule has 0 heterocycles. The molecule has 6 heteroatoms. The summed E-state index contributed by atoms with van der Waals surface area (Å²) in [5.74, 6) is -0.0867. The van der Waals surface area contributed by atoms with Crippen molar-refractivity contribution in [1.29, 1.82) is 5.26 Å². The Labute approximate surface area is 166 Å². The molecule has 0 N–H and O–H groups in total. The number of hydrogen-bond donors (Lipinski definition) is 0. The van der Waals surface area contributed by atoms with Crippen LogP contribution in [0.4, 0.5) is 10.5 Å². The fourth-order valence-electron chi connectivity index (χ4n) is 3.44. The van der Waals surface area contributed by atoms with Crippen LogP contribution in [-0.2, 0) is 14.3 Å². The number of rotatable bonds is 6. The molecule has 1 aromatic carbocycles. The number of carbonyl (C=O) groups excluding carboxylic acids is 2. The van der Waals surface area contributed by atoms with Crippen molar-refractivity contribution in [2.24, 2.45) is 5.92 Å². The SMILES string of the molecule is CCOC(=O)C(C1CC1)N(C(=O)OC(C)(C)C)c1cccc(C2CC2)c1C#N. The number of amides is 1. The topological polar surface area (TPSA) is 79.6 Å². The van der Waals surface area contributed by atoms with Crippen LogP contribution in [0.1, 0.15) is 70.4 Å². The summed E-state index contributed by atoms with van der Waals surface area (Å²) in [7, 11) is 0. The molecule has 3 rings (SSSR count). The second-order valence-corrected chi connectivity index (χ2v) is 8.51. The third-order valence-corrected chi connectivity index (χ3v) is 4.93. The van der Waals surface area contributed by atoms with Crippen molar-refractivity contribution < 1.29 is 19.1 Å². The van der Waals surface area contributed by atoms with Crippen molar-refractivity contribution in [2.45, 2.75) is 70.9 Å². The first-order valence-corrected chi connectivity index (χ1v) is 9.98. The molecule has 0 saturated heterocycles. The van der Waals surface area contributed by atoms with Gasteiger partial charge in [0.25, 0.3) is 0 Å². The van der Waals surface area contributed by atoms with Gasteiger partial charge in [0.05, 0.1) is 17.9 Å². The lowest BCUT2D eigenvalue weighted by Crippen LogP contribution is -2.49. The van der Waals surface area contributed by atoms with E-state index in [0.717, 1.165) is 31.2 Å². The van der Waals surface area contributed by atoms with E-state index in [2.05, 4.69) is 6.07 Å². The summed E-state index contributed by atoms with van der Waals surface area (Å²) in [6.07, 6.45) is 3.13. The van der Waals surface area contributed by atoms with Crippen molar-refractivity contribution in [3.63, 3.8) is 0 Å². The molecule has 1 aromatic rings. The van der Waals surface area contributed by atoms with E-state index in [9.17, 15) is 14.9 Å². The highest BCUT2D eigenvalue weighted by atomic mass is 16.6. The smallest absolute Gasteiger partial charge is 0.415 e. The van der Waals surface area contributed by atoms with Crippen molar-refractivity contribution in [2.75, 3.05) is 11.5 Å². The first kappa shape index (κ1) is 20.2. The number of carbonyl (C=O) groups is 2. The number of ether oxygens (including phenoxy) is 2. The Kier molecular flexibility index (Phi) is 5.64. The van der Waals surface area contributed by atoms with Crippen LogP contribution in [0.5, 0.6) is 0 Å². The Hall–Kier alpha value is -2.55. The van der Waals surface area contributed by atoms with Gasteiger partial charge in [-0.05, 0) is 76.8 Å². The van der Waals surface area contributed by atoms with Gasteiger partial charge in [-0.2, -0.15) is 5.26 Å². The van der Waals surface area contributed by atoms with E-state index in [1.165, 1.54) is 4.90 Å². The van der Waals surface area contributed by atoms with Crippen LogP contribution in [0.3, 0.4) is 0 Å². The van der Waals surface area contributed by atoms with Gasteiger partial charge in [-0.3, -0.25) is 4.90 Å². The molecule has 0 radical (unpaired) electrons. The van der Waals surface area contributed by atoms with Gasteiger partial charge < -0.3 is 9.47 Å².